The Morgan fingerprint density at radius 1 is 0.955 bits per heavy atom. The van der Waals surface area contributed by atoms with Crippen LogP contribution in [0.3, 0.4) is 0 Å². The van der Waals surface area contributed by atoms with Crippen LogP contribution in [0.5, 0.6) is 5.75 Å². The van der Waals surface area contributed by atoms with Crippen molar-refractivity contribution in [1.29, 1.82) is 0 Å². The largest absolute Gasteiger partial charge is 0.426 e. The van der Waals surface area contributed by atoms with Crippen molar-refractivity contribution in [3.63, 3.8) is 0 Å². The molecule has 2 aromatic rings. The maximum atomic E-state index is 12.9. The number of carbonyl (C=O) groups excluding carboxylic acids is 1. The maximum absolute atomic E-state index is 12.9. The summed E-state index contributed by atoms with van der Waals surface area (Å²) in [5.41, 5.74) is 1.51. The molecule has 1 fully saturated rings. The molecule has 0 aliphatic heterocycles. The Labute approximate surface area is 129 Å². The van der Waals surface area contributed by atoms with Crippen molar-refractivity contribution in [2.45, 2.75) is 27.2 Å². The van der Waals surface area contributed by atoms with Gasteiger partial charge in [-0.2, -0.15) is 0 Å². The van der Waals surface area contributed by atoms with Gasteiger partial charge >= 0.3 is 5.97 Å². The second-order valence-electron chi connectivity index (χ2n) is 6.81. The second kappa shape index (κ2) is 4.94. The minimum Gasteiger partial charge on any atom is -0.426 e. The third-order valence-corrected chi connectivity index (χ3v) is 4.86. The van der Waals surface area contributed by atoms with Gasteiger partial charge in [-0.1, -0.05) is 38.1 Å². The molecule has 3 rings (SSSR count). The first-order valence-corrected chi connectivity index (χ1v) is 7.40. The molecular weight excluding hydrogens is 279 g/mol. The quantitative estimate of drug-likeness (QED) is 0.599. The number of benzene rings is 2. The van der Waals surface area contributed by atoms with Crippen LogP contribution in [0.4, 0.5) is 4.39 Å². The summed E-state index contributed by atoms with van der Waals surface area (Å²) in [5, 5.41) is 0. The molecule has 0 heterocycles. The zero-order chi connectivity index (χ0) is 16.0. The third-order valence-electron chi connectivity index (χ3n) is 4.86. The predicted octanol–water partition coefficient (Wildman–Crippen LogP) is 4.83. The molecule has 3 heteroatoms. The molecule has 0 bridgehead atoms. The van der Waals surface area contributed by atoms with Gasteiger partial charge in [0.25, 0.3) is 0 Å². The van der Waals surface area contributed by atoms with Crippen molar-refractivity contribution in [3.8, 4) is 16.9 Å². The van der Waals surface area contributed by atoms with Gasteiger partial charge in [-0.15, -0.1) is 0 Å². The summed E-state index contributed by atoms with van der Waals surface area (Å²) in [7, 11) is 0. The average Bonchev–Trinajstić information content (AvgIpc) is 3.01. The van der Waals surface area contributed by atoms with E-state index in [9.17, 15) is 9.18 Å². The number of carbonyl (C=O) groups is 1. The van der Waals surface area contributed by atoms with E-state index < -0.39 is 0 Å². The van der Waals surface area contributed by atoms with Crippen LogP contribution in [0, 0.1) is 16.6 Å². The van der Waals surface area contributed by atoms with Gasteiger partial charge in [-0.25, -0.2) is 4.39 Å². The average molecular weight is 298 g/mol. The van der Waals surface area contributed by atoms with E-state index in [1.807, 2.05) is 19.1 Å². The molecule has 1 unspecified atom stereocenters. The molecule has 0 spiro atoms. The van der Waals surface area contributed by atoms with Crippen molar-refractivity contribution in [2.24, 2.45) is 10.8 Å². The van der Waals surface area contributed by atoms with Crippen LogP contribution < -0.4 is 4.74 Å². The molecule has 1 aliphatic rings. The lowest BCUT2D eigenvalue weighted by molar-refractivity contribution is -0.141. The van der Waals surface area contributed by atoms with Gasteiger partial charge in [-0.05, 0) is 54.2 Å². The first-order valence-electron chi connectivity index (χ1n) is 7.40. The Kier molecular flexibility index (Phi) is 3.32. The van der Waals surface area contributed by atoms with Crippen LogP contribution in [-0.4, -0.2) is 5.97 Å². The molecule has 0 radical (unpaired) electrons. The van der Waals surface area contributed by atoms with E-state index in [0.29, 0.717) is 5.75 Å². The van der Waals surface area contributed by atoms with Gasteiger partial charge in [0.2, 0.25) is 0 Å². The van der Waals surface area contributed by atoms with Crippen molar-refractivity contribution < 1.29 is 13.9 Å². The van der Waals surface area contributed by atoms with Crippen LogP contribution in [0.1, 0.15) is 27.2 Å². The highest BCUT2D eigenvalue weighted by molar-refractivity contribution is 5.83. The maximum Gasteiger partial charge on any atom is 0.317 e. The van der Waals surface area contributed by atoms with E-state index in [4.69, 9.17) is 4.74 Å². The second-order valence-corrected chi connectivity index (χ2v) is 6.81. The monoisotopic (exact) mass is 298 g/mol. The number of halogens is 1. The summed E-state index contributed by atoms with van der Waals surface area (Å²) < 4.78 is 18.4. The van der Waals surface area contributed by atoms with E-state index >= 15 is 0 Å². The molecule has 114 valence electrons. The normalized spacial score (nSPS) is 22.2. The van der Waals surface area contributed by atoms with Crippen LogP contribution in [0.2, 0.25) is 0 Å². The predicted molar refractivity (Wildman–Crippen MR) is 84.0 cm³/mol. The molecule has 0 N–H and O–H groups in total. The van der Waals surface area contributed by atoms with Gasteiger partial charge in [0.05, 0.1) is 5.41 Å². The van der Waals surface area contributed by atoms with Crippen molar-refractivity contribution in [1.82, 2.24) is 0 Å². The SMILES string of the molecule is CC1(C)CC1(C)C(=O)Oc1ccc(-c2ccc(F)cc2)cc1. The van der Waals surface area contributed by atoms with E-state index in [1.54, 1.807) is 24.3 Å². The molecule has 22 heavy (non-hydrogen) atoms. The van der Waals surface area contributed by atoms with Crippen LogP contribution in [-0.2, 0) is 4.79 Å². The molecule has 0 saturated heterocycles. The lowest BCUT2D eigenvalue weighted by Crippen LogP contribution is -2.23. The van der Waals surface area contributed by atoms with Crippen molar-refractivity contribution in [3.05, 3.63) is 54.3 Å². The Morgan fingerprint density at radius 3 is 1.86 bits per heavy atom. The minimum atomic E-state index is -0.386. The highest BCUT2D eigenvalue weighted by Gasteiger charge is 2.63. The third kappa shape index (κ3) is 2.52. The van der Waals surface area contributed by atoms with E-state index in [2.05, 4.69) is 13.8 Å². The zero-order valence-electron chi connectivity index (χ0n) is 13.0. The van der Waals surface area contributed by atoms with E-state index in [1.165, 1.54) is 12.1 Å². The Morgan fingerprint density at radius 2 is 1.41 bits per heavy atom. The standard InChI is InChI=1S/C19H19FO2/c1-18(2)12-19(18,3)17(21)22-16-10-6-14(7-11-16)13-4-8-15(20)9-5-13/h4-11H,12H2,1-3H3. The summed E-state index contributed by atoms with van der Waals surface area (Å²) in [6.45, 7) is 6.10. The van der Waals surface area contributed by atoms with Crippen LogP contribution in [0.15, 0.2) is 48.5 Å². The lowest BCUT2D eigenvalue weighted by atomic mass is 9.98. The number of ether oxygens (including phenoxy) is 1. The summed E-state index contributed by atoms with van der Waals surface area (Å²) in [6, 6.07) is 13.6. The Balaban J connectivity index is 1.72. The van der Waals surface area contributed by atoms with Crippen molar-refractivity contribution in [2.75, 3.05) is 0 Å². The topological polar surface area (TPSA) is 26.3 Å². The van der Waals surface area contributed by atoms with Crippen LogP contribution >= 0.6 is 0 Å². The number of esters is 1. The van der Waals surface area contributed by atoms with Gasteiger partial charge in [0.15, 0.2) is 0 Å². The molecular formula is C19H19FO2. The summed E-state index contributed by atoms with van der Waals surface area (Å²) in [6.07, 6.45) is 0.854. The molecule has 1 saturated carbocycles. The number of hydrogen-bond donors (Lipinski definition) is 0. The number of rotatable bonds is 3. The molecule has 1 atom stereocenters. The molecule has 1 aliphatic carbocycles. The molecule has 0 amide bonds. The van der Waals surface area contributed by atoms with Gasteiger partial charge in [0.1, 0.15) is 11.6 Å². The number of hydrogen-bond acceptors (Lipinski definition) is 2. The molecule has 2 aromatic carbocycles. The highest BCUT2D eigenvalue weighted by Crippen LogP contribution is 2.63. The van der Waals surface area contributed by atoms with Gasteiger partial charge in [0, 0.05) is 0 Å². The molecule has 0 aromatic heterocycles. The highest BCUT2D eigenvalue weighted by atomic mass is 19.1. The van der Waals surface area contributed by atoms with E-state index in [-0.39, 0.29) is 22.6 Å². The van der Waals surface area contributed by atoms with Crippen LogP contribution in [0.25, 0.3) is 11.1 Å². The fraction of sp³-hybridized carbons (Fsp3) is 0.316. The van der Waals surface area contributed by atoms with Crippen molar-refractivity contribution >= 4 is 5.97 Å². The Hall–Kier alpha value is -2.16. The summed E-state index contributed by atoms with van der Waals surface area (Å²) in [5.74, 6) is 0.112. The van der Waals surface area contributed by atoms with Gasteiger partial charge < -0.3 is 4.74 Å². The lowest BCUT2D eigenvalue weighted by Gasteiger charge is -2.14. The fourth-order valence-corrected chi connectivity index (χ4v) is 2.77. The first-order chi connectivity index (χ1) is 10.3. The summed E-state index contributed by atoms with van der Waals surface area (Å²) >= 11 is 0. The Bertz CT molecular complexity index is 701. The van der Waals surface area contributed by atoms with Gasteiger partial charge in [-0.3, -0.25) is 4.79 Å². The fourth-order valence-electron chi connectivity index (χ4n) is 2.77. The molecule has 2 nitrogen and oxygen atoms in total. The minimum absolute atomic E-state index is 0.0120. The first kappa shape index (κ1) is 14.8. The summed E-state index contributed by atoms with van der Waals surface area (Å²) in [4.78, 5) is 12.2. The smallest absolute Gasteiger partial charge is 0.317 e. The zero-order valence-corrected chi connectivity index (χ0v) is 13.0. The van der Waals surface area contributed by atoms with E-state index in [0.717, 1.165) is 17.5 Å².